The molecule has 0 atom stereocenters. The van der Waals surface area contributed by atoms with Crippen LogP contribution in [-0.2, 0) is 0 Å². The molecule has 2 rings (SSSR count). The summed E-state index contributed by atoms with van der Waals surface area (Å²) in [5.74, 6) is 0.477. The molecule has 5 nitrogen and oxygen atoms in total. The maximum absolute atomic E-state index is 10.8. The van der Waals surface area contributed by atoms with Crippen molar-refractivity contribution < 1.29 is 10.0 Å². The van der Waals surface area contributed by atoms with E-state index >= 15 is 0 Å². The lowest BCUT2D eigenvalue weighted by molar-refractivity contribution is -0.385. The second kappa shape index (κ2) is 4.71. The number of rotatable bonds is 4. The topological polar surface area (TPSA) is 75.4 Å². The molecule has 1 aliphatic rings. The Morgan fingerprint density at radius 3 is 2.82 bits per heavy atom. The van der Waals surface area contributed by atoms with Gasteiger partial charge in [0.1, 0.15) is 0 Å². The lowest BCUT2D eigenvalue weighted by Gasteiger charge is -2.31. The van der Waals surface area contributed by atoms with Crippen molar-refractivity contribution in [3.63, 3.8) is 0 Å². The van der Waals surface area contributed by atoms with E-state index in [1.165, 1.54) is 0 Å². The van der Waals surface area contributed by atoms with Crippen molar-refractivity contribution in [2.24, 2.45) is 5.92 Å². The van der Waals surface area contributed by atoms with Gasteiger partial charge >= 0.3 is 0 Å². The second-order valence-corrected chi connectivity index (χ2v) is 4.63. The largest absolute Gasteiger partial charge is 0.393 e. The molecular weight excluding hydrogens is 220 g/mol. The van der Waals surface area contributed by atoms with Gasteiger partial charge in [-0.15, -0.1) is 0 Å². The third-order valence-corrected chi connectivity index (χ3v) is 3.21. The number of nitrogens with one attached hydrogen (secondary N) is 1. The van der Waals surface area contributed by atoms with Gasteiger partial charge in [-0.2, -0.15) is 0 Å². The average Bonchev–Trinajstić information content (AvgIpc) is 2.24. The Morgan fingerprint density at radius 2 is 2.24 bits per heavy atom. The zero-order valence-electron chi connectivity index (χ0n) is 9.72. The van der Waals surface area contributed by atoms with E-state index in [0.717, 1.165) is 25.1 Å². The molecule has 1 saturated carbocycles. The third kappa shape index (κ3) is 2.74. The number of hydrogen-bond acceptors (Lipinski definition) is 4. The van der Waals surface area contributed by atoms with Gasteiger partial charge in [0.25, 0.3) is 5.69 Å². The van der Waals surface area contributed by atoms with E-state index in [-0.39, 0.29) is 16.7 Å². The predicted octanol–water partition coefficient (Wildman–Crippen LogP) is 2.09. The Kier molecular flexibility index (Phi) is 3.28. The molecule has 0 amide bonds. The fraction of sp³-hybridized carbons (Fsp3) is 0.500. The maximum atomic E-state index is 10.8. The molecule has 1 aromatic rings. The van der Waals surface area contributed by atoms with Crippen LogP contribution in [0.15, 0.2) is 18.2 Å². The molecule has 0 bridgehead atoms. The molecule has 2 N–H and O–H groups in total. The van der Waals surface area contributed by atoms with Gasteiger partial charge in [0, 0.05) is 23.9 Å². The molecule has 0 spiro atoms. The number of nitro groups is 1. The Labute approximate surface area is 99.6 Å². The summed E-state index contributed by atoms with van der Waals surface area (Å²) in [6, 6.07) is 5.15. The number of aliphatic hydroxyl groups is 1. The van der Waals surface area contributed by atoms with Gasteiger partial charge in [-0.1, -0.05) is 6.07 Å². The molecule has 0 aromatic heterocycles. The molecule has 0 radical (unpaired) electrons. The summed E-state index contributed by atoms with van der Waals surface area (Å²) in [5.41, 5.74) is 1.58. The van der Waals surface area contributed by atoms with E-state index in [4.69, 9.17) is 5.11 Å². The summed E-state index contributed by atoms with van der Waals surface area (Å²) >= 11 is 0. The van der Waals surface area contributed by atoms with Crippen molar-refractivity contribution in [2.75, 3.05) is 11.9 Å². The van der Waals surface area contributed by atoms with Crippen molar-refractivity contribution in [3.8, 4) is 0 Å². The molecule has 1 aromatic carbocycles. The highest BCUT2D eigenvalue weighted by molar-refractivity contribution is 5.54. The first kappa shape index (κ1) is 11.9. The maximum Gasteiger partial charge on any atom is 0.274 e. The highest BCUT2D eigenvalue weighted by Gasteiger charge is 2.26. The molecule has 0 heterocycles. The molecule has 5 heteroatoms. The Morgan fingerprint density at radius 1 is 1.53 bits per heavy atom. The summed E-state index contributed by atoms with van der Waals surface area (Å²) in [5, 5.41) is 23.1. The van der Waals surface area contributed by atoms with Gasteiger partial charge in [-0.05, 0) is 31.7 Å². The standard InChI is InChI=1S/C12H16N2O3/c1-8-2-3-10(6-12(8)14(16)17)13-7-9-4-11(15)5-9/h2-3,6,9,11,13,15H,4-5,7H2,1H3. The lowest BCUT2D eigenvalue weighted by Crippen LogP contribution is -2.33. The number of hydrogen-bond donors (Lipinski definition) is 2. The zero-order chi connectivity index (χ0) is 12.4. The summed E-state index contributed by atoms with van der Waals surface area (Å²) < 4.78 is 0. The summed E-state index contributed by atoms with van der Waals surface area (Å²) in [6.45, 7) is 2.49. The number of nitrogens with zero attached hydrogens (tertiary/aromatic N) is 1. The minimum Gasteiger partial charge on any atom is -0.393 e. The summed E-state index contributed by atoms with van der Waals surface area (Å²) in [6.07, 6.45) is 1.48. The van der Waals surface area contributed by atoms with Crippen LogP contribution in [-0.4, -0.2) is 22.7 Å². The quantitative estimate of drug-likeness (QED) is 0.620. The minimum absolute atomic E-state index is 0.142. The highest BCUT2D eigenvalue weighted by Crippen LogP contribution is 2.28. The van der Waals surface area contributed by atoms with Crippen LogP contribution in [0.4, 0.5) is 11.4 Å². The van der Waals surface area contributed by atoms with Crippen LogP contribution >= 0.6 is 0 Å². The van der Waals surface area contributed by atoms with Crippen molar-refractivity contribution in [1.29, 1.82) is 0 Å². The molecule has 17 heavy (non-hydrogen) atoms. The number of anilines is 1. The smallest absolute Gasteiger partial charge is 0.274 e. The number of aryl methyl sites for hydroxylation is 1. The fourth-order valence-electron chi connectivity index (χ4n) is 2.05. The van der Waals surface area contributed by atoms with E-state index in [9.17, 15) is 10.1 Å². The van der Waals surface area contributed by atoms with Gasteiger partial charge in [0.15, 0.2) is 0 Å². The first-order chi connectivity index (χ1) is 8.06. The van der Waals surface area contributed by atoms with Crippen LogP contribution in [0.5, 0.6) is 0 Å². The monoisotopic (exact) mass is 236 g/mol. The van der Waals surface area contributed by atoms with Gasteiger partial charge < -0.3 is 10.4 Å². The minimum atomic E-state index is -0.367. The van der Waals surface area contributed by atoms with E-state index in [1.54, 1.807) is 19.1 Å². The van der Waals surface area contributed by atoms with Crippen LogP contribution in [0, 0.1) is 23.0 Å². The highest BCUT2D eigenvalue weighted by atomic mass is 16.6. The van der Waals surface area contributed by atoms with Gasteiger partial charge in [0.2, 0.25) is 0 Å². The van der Waals surface area contributed by atoms with Crippen molar-refractivity contribution >= 4 is 11.4 Å². The molecule has 92 valence electrons. The molecule has 0 unspecified atom stereocenters. The number of nitro benzene ring substituents is 1. The van der Waals surface area contributed by atoms with Crippen molar-refractivity contribution in [1.82, 2.24) is 0 Å². The van der Waals surface area contributed by atoms with Crippen LogP contribution in [0.25, 0.3) is 0 Å². The second-order valence-electron chi connectivity index (χ2n) is 4.63. The van der Waals surface area contributed by atoms with Crippen LogP contribution in [0.1, 0.15) is 18.4 Å². The summed E-state index contributed by atoms with van der Waals surface area (Å²) in [4.78, 5) is 10.4. The Bertz CT molecular complexity index is 428. The van der Waals surface area contributed by atoms with Crippen LogP contribution in [0.2, 0.25) is 0 Å². The van der Waals surface area contributed by atoms with E-state index in [1.807, 2.05) is 6.07 Å². The van der Waals surface area contributed by atoms with Gasteiger partial charge in [-0.25, -0.2) is 0 Å². The first-order valence-corrected chi connectivity index (χ1v) is 5.73. The molecule has 0 saturated heterocycles. The molecular formula is C12H16N2O3. The van der Waals surface area contributed by atoms with Gasteiger partial charge in [-0.3, -0.25) is 10.1 Å². The number of aliphatic hydroxyl groups excluding tert-OH is 1. The van der Waals surface area contributed by atoms with Crippen LogP contribution < -0.4 is 5.32 Å². The van der Waals surface area contributed by atoms with Gasteiger partial charge in [0.05, 0.1) is 11.0 Å². The van der Waals surface area contributed by atoms with Crippen molar-refractivity contribution in [3.05, 3.63) is 33.9 Å². The molecule has 1 aliphatic carbocycles. The average molecular weight is 236 g/mol. The first-order valence-electron chi connectivity index (χ1n) is 5.73. The zero-order valence-corrected chi connectivity index (χ0v) is 9.72. The van der Waals surface area contributed by atoms with Crippen LogP contribution in [0.3, 0.4) is 0 Å². The fourth-order valence-corrected chi connectivity index (χ4v) is 2.05. The SMILES string of the molecule is Cc1ccc(NCC2CC(O)C2)cc1[N+](=O)[O-]. The molecule has 0 aliphatic heterocycles. The van der Waals surface area contributed by atoms with E-state index in [2.05, 4.69) is 5.32 Å². The molecule has 1 fully saturated rings. The Balaban J connectivity index is 1.97. The lowest BCUT2D eigenvalue weighted by atomic mass is 9.82. The van der Waals surface area contributed by atoms with E-state index < -0.39 is 0 Å². The number of benzene rings is 1. The predicted molar refractivity (Wildman–Crippen MR) is 65.1 cm³/mol. The normalized spacial score (nSPS) is 22.9. The third-order valence-electron chi connectivity index (χ3n) is 3.21. The van der Waals surface area contributed by atoms with E-state index in [0.29, 0.717) is 11.5 Å². The summed E-state index contributed by atoms with van der Waals surface area (Å²) in [7, 11) is 0. The Hall–Kier alpha value is -1.62. The van der Waals surface area contributed by atoms with Crippen molar-refractivity contribution in [2.45, 2.75) is 25.9 Å².